The normalized spacial score (nSPS) is 16.5. The molecule has 0 aromatic heterocycles. The summed E-state index contributed by atoms with van der Waals surface area (Å²) >= 11 is 5.88. The van der Waals surface area contributed by atoms with Gasteiger partial charge in [0.05, 0.1) is 0 Å². The van der Waals surface area contributed by atoms with Gasteiger partial charge in [-0.1, -0.05) is 11.6 Å². The topological polar surface area (TPSA) is 70.2 Å². The van der Waals surface area contributed by atoms with Gasteiger partial charge >= 0.3 is 0 Å². The van der Waals surface area contributed by atoms with Gasteiger partial charge < -0.3 is 19.4 Å². The predicted octanol–water partition coefficient (Wildman–Crippen LogP) is 2.83. The highest BCUT2D eigenvalue weighted by atomic mass is 35.5. The van der Waals surface area contributed by atoms with E-state index in [1.54, 1.807) is 51.1 Å². The molecule has 0 saturated carbocycles. The zero-order valence-electron chi connectivity index (χ0n) is 17.1. The van der Waals surface area contributed by atoms with Gasteiger partial charge in [0.1, 0.15) is 5.75 Å². The van der Waals surface area contributed by atoms with Gasteiger partial charge in [0.2, 0.25) is 5.91 Å². The van der Waals surface area contributed by atoms with Gasteiger partial charge in [0, 0.05) is 55.4 Å². The molecule has 0 unspecified atom stereocenters. The second kappa shape index (κ2) is 9.39. The number of carbonyl (C=O) groups excluding carboxylic acids is 3. The van der Waals surface area contributed by atoms with Crippen LogP contribution in [0.25, 0.3) is 0 Å². The molecule has 0 spiro atoms. The standard InChI is InChI=1S/C23H24ClN3O4/c24-18-5-3-17(4-6-18)23(30)26-14-12-25(13-15-26)22(29)16-31-20-9-7-19(8-10-20)27-11-1-2-21(27)28/h3-10H,1-2,11-16H2. The summed E-state index contributed by atoms with van der Waals surface area (Å²) in [4.78, 5) is 42.1. The van der Waals surface area contributed by atoms with E-state index >= 15 is 0 Å². The van der Waals surface area contributed by atoms with E-state index in [1.165, 1.54) is 0 Å². The zero-order valence-corrected chi connectivity index (χ0v) is 17.9. The van der Waals surface area contributed by atoms with E-state index in [0.717, 1.165) is 18.7 Å². The molecular weight excluding hydrogens is 418 g/mol. The lowest BCUT2D eigenvalue weighted by molar-refractivity contribution is -0.134. The van der Waals surface area contributed by atoms with Gasteiger partial charge in [-0.2, -0.15) is 0 Å². The fourth-order valence-corrected chi connectivity index (χ4v) is 3.94. The van der Waals surface area contributed by atoms with Crippen molar-refractivity contribution >= 4 is 35.0 Å². The Balaban J connectivity index is 1.24. The fraction of sp³-hybridized carbons (Fsp3) is 0.348. The summed E-state index contributed by atoms with van der Waals surface area (Å²) in [6.45, 7) is 2.57. The van der Waals surface area contributed by atoms with E-state index in [1.807, 2.05) is 12.1 Å². The number of nitrogens with zero attached hydrogens (tertiary/aromatic N) is 3. The number of halogens is 1. The monoisotopic (exact) mass is 441 g/mol. The largest absolute Gasteiger partial charge is 0.484 e. The molecule has 2 heterocycles. The molecule has 2 fully saturated rings. The van der Waals surface area contributed by atoms with Crippen molar-refractivity contribution in [2.45, 2.75) is 12.8 Å². The third kappa shape index (κ3) is 4.99. The molecule has 0 radical (unpaired) electrons. The van der Waals surface area contributed by atoms with Crippen LogP contribution in [-0.2, 0) is 9.59 Å². The van der Waals surface area contributed by atoms with E-state index in [0.29, 0.717) is 48.9 Å². The molecule has 2 aliphatic rings. The lowest BCUT2D eigenvalue weighted by Crippen LogP contribution is -2.51. The first kappa shape index (κ1) is 21.2. The van der Waals surface area contributed by atoms with Crippen LogP contribution in [0.1, 0.15) is 23.2 Å². The van der Waals surface area contributed by atoms with Gasteiger partial charge in [-0.25, -0.2) is 0 Å². The molecule has 8 heteroatoms. The third-order valence-corrected chi connectivity index (χ3v) is 5.85. The van der Waals surface area contributed by atoms with Crippen LogP contribution in [0.5, 0.6) is 5.75 Å². The average Bonchev–Trinajstić information content (AvgIpc) is 3.24. The second-order valence-electron chi connectivity index (χ2n) is 7.61. The number of anilines is 1. The average molecular weight is 442 g/mol. The molecule has 2 aliphatic heterocycles. The van der Waals surface area contributed by atoms with E-state index < -0.39 is 0 Å². The Labute approximate surface area is 186 Å². The molecule has 2 saturated heterocycles. The molecule has 0 N–H and O–H groups in total. The minimum atomic E-state index is -0.114. The zero-order chi connectivity index (χ0) is 21.8. The Morgan fingerprint density at radius 3 is 2.13 bits per heavy atom. The van der Waals surface area contributed by atoms with Crippen molar-refractivity contribution in [1.82, 2.24) is 9.80 Å². The molecule has 7 nitrogen and oxygen atoms in total. The van der Waals surface area contributed by atoms with Gasteiger partial charge in [-0.05, 0) is 55.0 Å². The van der Waals surface area contributed by atoms with Gasteiger partial charge in [-0.3, -0.25) is 14.4 Å². The summed E-state index contributed by atoms with van der Waals surface area (Å²) in [7, 11) is 0. The maximum atomic E-state index is 12.6. The number of carbonyl (C=O) groups is 3. The number of hydrogen-bond acceptors (Lipinski definition) is 4. The first-order chi connectivity index (χ1) is 15.0. The van der Waals surface area contributed by atoms with Crippen LogP contribution in [0.15, 0.2) is 48.5 Å². The Kier molecular flexibility index (Phi) is 6.42. The van der Waals surface area contributed by atoms with Crippen LogP contribution in [-0.4, -0.2) is 66.9 Å². The molecule has 0 atom stereocenters. The third-order valence-electron chi connectivity index (χ3n) is 5.59. The molecule has 2 aromatic carbocycles. The van der Waals surface area contributed by atoms with Crippen molar-refractivity contribution in [2.24, 2.45) is 0 Å². The van der Waals surface area contributed by atoms with E-state index in [-0.39, 0.29) is 24.3 Å². The smallest absolute Gasteiger partial charge is 0.260 e. The van der Waals surface area contributed by atoms with Crippen LogP contribution in [0.4, 0.5) is 5.69 Å². The lowest BCUT2D eigenvalue weighted by Gasteiger charge is -2.34. The van der Waals surface area contributed by atoms with Crippen molar-refractivity contribution in [1.29, 1.82) is 0 Å². The highest BCUT2D eigenvalue weighted by Crippen LogP contribution is 2.24. The fourth-order valence-electron chi connectivity index (χ4n) is 3.81. The second-order valence-corrected chi connectivity index (χ2v) is 8.05. The number of rotatable bonds is 5. The van der Waals surface area contributed by atoms with Crippen molar-refractivity contribution in [3.63, 3.8) is 0 Å². The molecule has 4 rings (SSSR count). The van der Waals surface area contributed by atoms with E-state index in [9.17, 15) is 14.4 Å². The predicted molar refractivity (Wildman–Crippen MR) is 117 cm³/mol. The maximum Gasteiger partial charge on any atom is 0.260 e. The minimum absolute atomic E-state index is 0.0587. The molecule has 0 bridgehead atoms. The summed E-state index contributed by atoms with van der Waals surface area (Å²) in [6.07, 6.45) is 1.47. The molecule has 2 aromatic rings. The quantitative estimate of drug-likeness (QED) is 0.715. The van der Waals surface area contributed by atoms with E-state index in [4.69, 9.17) is 16.3 Å². The van der Waals surface area contributed by atoms with Crippen LogP contribution < -0.4 is 9.64 Å². The highest BCUT2D eigenvalue weighted by Gasteiger charge is 2.25. The van der Waals surface area contributed by atoms with Crippen LogP contribution >= 0.6 is 11.6 Å². The molecule has 162 valence electrons. The summed E-state index contributed by atoms with van der Waals surface area (Å²) in [5, 5.41) is 0.589. The van der Waals surface area contributed by atoms with Gasteiger partial charge in [0.25, 0.3) is 11.8 Å². The molecule has 0 aliphatic carbocycles. The summed E-state index contributed by atoms with van der Waals surface area (Å²) in [6, 6.07) is 14.0. The first-order valence-corrected chi connectivity index (χ1v) is 10.7. The summed E-state index contributed by atoms with van der Waals surface area (Å²) in [5.74, 6) is 0.548. The number of benzene rings is 2. The lowest BCUT2D eigenvalue weighted by atomic mass is 10.2. The number of hydrogen-bond donors (Lipinski definition) is 0. The van der Waals surface area contributed by atoms with Crippen molar-refractivity contribution in [3.05, 3.63) is 59.1 Å². The molecule has 31 heavy (non-hydrogen) atoms. The van der Waals surface area contributed by atoms with Crippen LogP contribution in [0.3, 0.4) is 0 Å². The van der Waals surface area contributed by atoms with Crippen molar-refractivity contribution in [2.75, 3.05) is 44.2 Å². The number of piperazine rings is 1. The Bertz CT molecular complexity index is 954. The van der Waals surface area contributed by atoms with Gasteiger partial charge in [-0.15, -0.1) is 0 Å². The number of amides is 3. The van der Waals surface area contributed by atoms with Crippen molar-refractivity contribution < 1.29 is 19.1 Å². The van der Waals surface area contributed by atoms with Crippen molar-refractivity contribution in [3.8, 4) is 5.75 Å². The molecule has 3 amide bonds. The maximum absolute atomic E-state index is 12.6. The molecular formula is C23H24ClN3O4. The first-order valence-electron chi connectivity index (χ1n) is 10.4. The highest BCUT2D eigenvalue weighted by molar-refractivity contribution is 6.30. The summed E-state index contributed by atoms with van der Waals surface area (Å²) in [5.41, 5.74) is 1.44. The van der Waals surface area contributed by atoms with E-state index in [2.05, 4.69) is 0 Å². The Morgan fingerprint density at radius 1 is 0.871 bits per heavy atom. The number of ether oxygens (including phenoxy) is 1. The Morgan fingerprint density at radius 2 is 1.52 bits per heavy atom. The van der Waals surface area contributed by atoms with Crippen LogP contribution in [0, 0.1) is 0 Å². The SMILES string of the molecule is O=C(COc1ccc(N2CCCC2=O)cc1)N1CCN(C(=O)c2ccc(Cl)cc2)CC1. The van der Waals surface area contributed by atoms with Crippen LogP contribution in [0.2, 0.25) is 5.02 Å². The summed E-state index contributed by atoms with van der Waals surface area (Å²) < 4.78 is 5.63. The van der Waals surface area contributed by atoms with Gasteiger partial charge in [0.15, 0.2) is 6.61 Å². The Hall–Kier alpha value is -3.06. The minimum Gasteiger partial charge on any atom is -0.484 e.